The Labute approximate surface area is 117 Å². The van der Waals surface area contributed by atoms with Gasteiger partial charge in [0.25, 0.3) is 5.91 Å². The van der Waals surface area contributed by atoms with E-state index in [4.69, 9.17) is 4.74 Å². The van der Waals surface area contributed by atoms with Crippen LogP contribution >= 0.6 is 0 Å². The molecule has 0 aliphatic carbocycles. The zero-order valence-corrected chi connectivity index (χ0v) is 11.3. The van der Waals surface area contributed by atoms with E-state index >= 15 is 0 Å². The van der Waals surface area contributed by atoms with Crippen molar-refractivity contribution >= 4 is 17.6 Å². The molecular formula is C15H17NO4. The molecule has 20 heavy (non-hydrogen) atoms. The molecule has 1 aromatic carbocycles. The number of amides is 1. The number of anilines is 1. The van der Waals surface area contributed by atoms with Crippen molar-refractivity contribution in [1.82, 2.24) is 0 Å². The Morgan fingerprint density at radius 3 is 2.70 bits per heavy atom. The lowest BCUT2D eigenvalue weighted by atomic mass is 10.0. The number of benzene rings is 1. The number of hydrogen-bond donors (Lipinski definition) is 1. The molecule has 5 nitrogen and oxygen atoms in total. The summed E-state index contributed by atoms with van der Waals surface area (Å²) in [5.41, 5.74) is 1.41. The minimum Gasteiger partial charge on any atom is -0.481 e. The standard InChI is InChI=1S/C15H17NO4/c1-9-6-7-13(20-9)14(17)16-8-11(15(18)19)10-4-2-3-5-12(10)16/h2-5,9,11,13H,6-8H2,1H3,(H,18,19)/t9-,11+,13+/m1/s1. The van der Waals surface area contributed by atoms with Gasteiger partial charge in [-0.1, -0.05) is 18.2 Å². The maximum Gasteiger partial charge on any atom is 0.312 e. The van der Waals surface area contributed by atoms with E-state index in [1.807, 2.05) is 13.0 Å². The van der Waals surface area contributed by atoms with E-state index in [0.29, 0.717) is 17.7 Å². The third kappa shape index (κ3) is 2.08. The SMILES string of the molecule is C[C@@H]1CC[C@@H](C(=O)N2C[C@H](C(=O)O)c3ccccc32)O1. The number of ether oxygens (including phenoxy) is 1. The Hall–Kier alpha value is -1.88. The van der Waals surface area contributed by atoms with Crippen LogP contribution in [0.3, 0.4) is 0 Å². The molecule has 2 heterocycles. The van der Waals surface area contributed by atoms with Crippen LogP contribution in [0.5, 0.6) is 0 Å². The molecule has 5 heteroatoms. The molecule has 0 bridgehead atoms. The van der Waals surface area contributed by atoms with Crippen LogP contribution in [-0.2, 0) is 14.3 Å². The third-order valence-electron chi connectivity index (χ3n) is 4.04. The fourth-order valence-corrected chi connectivity index (χ4v) is 2.99. The van der Waals surface area contributed by atoms with Crippen LogP contribution < -0.4 is 4.90 Å². The van der Waals surface area contributed by atoms with E-state index in [1.54, 1.807) is 23.1 Å². The predicted octanol–water partition coefficient (Wildman–Crippen LogP) is 1.77. The van der Waals surface area contributed by atoms with Gasteiger partial charge in [-0.15, -0.1) is 0 Å². The van der Waals surface area contributed by atoms with Crippen molar-refractivity contribution in [2.24, 2.45) is 0 Å². The molecule has 1 amide bonds. The van der Waals surface area contributed by atoms with Gasteiger partial charge in [-0.3, -0.25) is 9.59 Å². The third-order valence-corrected chi connectivity index (χ3v) is 4.04. The summed E-state index contributed by atoms with van der Waals surface area (Å²) in [4.78, 5) is 25.4. The maximum atomic E-state index is 12.5. The first-order valence-corrected chi connectivity index (χ1v) is 6.86. The van der Waals surface area contributed by atoms with Crippen LogP contribution in [0.25, 0.3) is 0 Å². The molecule has 2 aliphatic heterocycles. The van der Waals surface area contributed by atoms with E-state index in [2.05, 4.69) is 0 Å². The molecule has 1 aromatic rings. The Morgan fingerprint density at radius 1 is 1.30 bits per heavy atom. The van der Waals surface area contributed by atoms with Gasteiger partial charge in [-0.2, -0.15) is 0 Å². The number of carboxylic acid groups (broad SMARTS) is 1. The molecule has 1 saturated heterocycles. The number of carbonyl (C=O) groups excluding carboxylic acids is 1. The quantitative estimate of drug-likeness (QED) is 0.893. The monoisotopic (exact) mass is 275 g/mol. The van der Waals surface area contributed by atoms with E-state index in [1.165, 1.54) is 0 Å². The van der Waals surface area contributed by atoms with Gasteiger partial charge in [-0.05, 0) is 31.4 Å². The van der Waals surface area contributed by atoms with Crippen LogP contribution in [0.2, 0.25) is 0 Å². The van der Waals surface area contributed by atoms with Gasteiger partial charge in [0.1, 0.15) is 12.0 Å². The van der Waals surface area contributed by atoms with E-state index < -0.39 is 18.0 Å². The Kier molecular flexibility index (Phi) is 3.22. The van der Waals surface area contributed by atoms with Crippen molar-refractivity contribution < 1.29 is 19.4 Å². The van der Waals surface area contributed by atoms with Crippen molar-refractivity contribution in [3.8, 4) is 0 Å². The molecule has 0 saturated carbocycles. The van der Waals surface area contributed by atoms with Crippen LogP contribution in [0, 0.1) is 0 Å². The van der Waals surface area contributed by atoms with Crippen molar-refractivity contribution in [3.05, 3.63) is 29.8 Å². The molecule has 0 spiro atoms. The summed E-state index contributed by atoms with van der Waals surface area (Å²) >= 11 is 0. The van der Waals surface area contributed by atoms with Crippen molar-refractivity contribution in [3.63, 3.8) is 0 Å². The molecule has 3 atom stereocenters. The average Bonchev–Trinajstić information content (AvgIpc) is 3.02. The molecule has 3 rings (SSSR count). The molecule has 1 fully saturated rings. The van der Waals surface area contributed by atoms with Crippen LogP contribution in [-0.4, -0.2) is 35.7 Å². The highest BCUT2D eigenvalue weighted by Gasteiger charge is 2.40. The van der Waals surface area contributed by atoms with Crippen LogP contribution in [0.4, 0.5) is 5.69 Å². The fraction of sp³-hybridized carbons (Fsp3) is 0.467. The fourth-order valence-electron chi connectivity index (χ4n) is 2.99. The second-order valence-corrected chi connectivity index (χ2v) is 5.41. The van der Waals surface area contributed by atoms with Crippen molar-refractivity contribution in [2.45, 2.75) is 37.9 Å². The second kappa shape index (κ2) is 4.90. The zero-order chi connectivity index (χ0) is 14.3. The minimum absolute atomic E-state index is 0.0945. The van der Waals surface area contributed by atoms with Gasteiger partial charge >= 0.3 is 5.97 Å². The lowest BCUT2D eigenvalue weighted by Gasteiger charge is -2.21. The highest BCUT2D eigenvalue weighted by Crippen LogP contribution is 2.37. The highest BCUT2D eigenvalue weighted by atomic mass is 16.5. The first-order valence-electron chi connectivity index (χ1n) is 6.86. The summed E-state index contributed by atoms with van der Waals surface area (Å²) in [6.07, 6.45) is 1.23. The topological polar surface area (TPSA) is 66.8 Å². The Morgan fingerprint density at radius 2 is 2.05 bits per heavy atom. The molecule has 2 aliphatic rings. The number of rotatable bonds is 2. The van der Waals surface area contributed by atoms with Crippen molar-refractivity contribution in [1.29, 1.82) is 0 Å². The summed E-state index contributed by atoms with van der Waals surface area (Å²) in [6, 6.07) is 7.20. The second-order valence-electron chi connectivity index (χ2n) is 5.41. The highest BCUT2D eigenvalue weighted by molar-refractivity contribution is 6.01. The van der Waals surface area contributed by atoms with Crippen LogP contribution in [0.15, 0.2) is 24.3 Å². The Balaban J connectivity index is 1.88. The maximum absolute atomic E-state index is 12.5. The lowest BCUT2D eigenvalue weighted by molar-refractivity contribution is -0.138. The molecular weight excluding hydrogens is 258 g/mol. The molecule has 1 N–H and O–H groups in total. The summed E-state index contributed by atoms with van der Waals surface area (Å²) < 4.78 is 5.61. The van der Waals surface area contributed by atoms with Gasteiger partial charge in [0, 0.05) is 12.2 Å². The van der Waals surface area contributed by atoms with Gasteiger partial charge in [0.05, 0.1) is 6.10 Å². The first kappa shape index (κ1) is 13.1. The minimum atomic E-state index is -0.895. The molecule has 0 aromatic heterocycles. The lowest BCUT2D eigenvalue weighted by Crippen LogP contribution is -2.39. The molecule has 106 valence electrons. The predicted molar refractivity (Wildman–Crippen MR) is 72.7 cm³/mol. The Bertz CT molecular complexity index is 557. The van der Waals surface area contributed by atoms with Gasteiger partial charge in [0.2, 0.25) is 0 Å². The normalized spacial score (nSPS) is 28.4. The average molecular weight is 275 g/mol. The van der Waals surface area contributed by atoms with E-state index in [-0.39, 0.29) is 18.6 Å². The number of carboxylic acids is 1. The number of aliphatic carboxylic acids is 1. The van der Waals surface area contributed by atoms with Gasteiger partial charge in [-0.25, -0.2) is 0 Å². The first-order chi connectivity index (χ1) is 9.58. The van der Waals surface area contributed by atoms with Crippen molar-refractivity contribution in [2.75, 3.05) is 11.4 Å². The number of nitrogens with zero attached hydrogens (tertiary/aromatic N) is 1. The summed E-state index contributed by atoms with van der Waals surface area (Å²) in [5, 5.41) is 9.30. The summed E-state index contributed by atoms with van der Waals surface area (Å²) in [6.45, 7) is 2.15. The van der Waals surface area contributed by atoms with Crippen LogP contribution in [0.1, 0.15) is 31.2 Å². The van der Waals surface area contributed by atoms with Gasteiger partial charge in [0.15, 0.2) is 0 Å². The zero-order valence-electron chi connectivity index (χ0n) is 11.3. The molecule has 0 radical (unpaired) electrons. The largest absolute Gasteiger partial charge is 0.481 e. The molecule has 0 unspecified atom stereocenters. The number of fused-ring (bicyclic) bond motifs is 1. The number of para-hydroxylation sites is 1. The smallest absolute Gasteiger partial charge is 0.312 e. The number of hydrogen-bond acceptors (Lipinski definition) is 3. The summed E-state index contributed by atoms with van der Waals surface area (Å²) in [5.74, 6) is -1.66. The number of carbonyl (C=O) groups is 2. The summed E-state index contributed by atoms with van der Waals surface area (Å²) in [7, 11) is 0. The van der Waals surface area contributed by atoms with E-state index in [9.17, 15) is 14.7 Å². The van der Waals surface area contributed by atoms with E-state index in [0.717, 1.165) is 6.42 Å². The van der Waals surface area contributed by atoms with Gasteiger partial charge < -0.3 is 14.7 Å².